The van der Waals surface area contributed by atoms with E-state index in [1.165, 1.54) is 6.07 Å². The molecule has 1 N–H and O–H groups in total. The SMILES string of the molecule is CCNC(c1ccc(Cl)cc1F)c1ccccc1OCC. The van der Waals surface area contributed by atoms with Crippen LogP contribution in [-0.2, 0) is 0 Å². The van der Waals surface area contributed by atoms with E-state index in [0.29, 0.717) is 23.7 Å². The van der Waals surface area contributed by atoms with Crippen molar-refractivity contribution < 1.29 is 9.13 Å². The van der Waals surface area contributed by atoms with Gasteiger partial charge in [0, 0.05) is 16.1 Å². The Bertz CT molecular complexity index is 603. The van der Waals surface area contributed by atoms with Crippen molar-refractivity contribution in [2.75, 3.05) is 13.2 Å². The fourth-order valence-electron chi connectivity index (χ4n) is 2.33. The maximum Gasteiger partial charge on any atom is 0.129 e. The van der Waals surface area contributed by atoms with E-state index in [1.807, 2.05) is 38.1 Å². The Kier molecular flexibility index (Phi) is 5.59. The van der Waals surface area contributed by atoms with E-state index >= 15 is 0 Å². The third-order valence-electron chi connectivity index (χ3n) is 3.21. The van der Waals surface area contributed by atoms with Gasteiger partial charge in [-0.05, 0) is 31.7 Å². The highest BCUT2D eigenvalue weighted by atomic mass is 35.5. The van der Waals surface area contributed by atoms with Crippen molar-refractivity contribution >= 4 is 11.6 Å². The molecule has 0 fully saturated rings. The van der Waals surface area contributed by atoms with Crippen LogP contribution in [0.3, 0.4) is 0 Å². The van der Waals surface area contributed by atoms with Gasteiger partial charge < -0.3 is 10.1 Å². The number of hydrogen-bond donors (Lipinski definition) is 1. The minimum absolute atomic E-state index is 0.269. The average molecular weight is 308 g/mol. The van der Waals surface area contributed by atoms with Gasteiger partial charge in [0.1, 0.15) is 11.6 Å². The summed E-state index contributed by atoms with van der Waals surface area (Å²) >= 11 is 5.84. The number of nitrogens with one attached hydrogen (secondary N) is 1. The van der Waals surface area contributed by atoms with Crippen LogP contribution in [0.4, 0.5) is 4.39 Å². The summed E-state index contributed by atoms with van der Waals surface area (Å²) in [6.07, 6.45) is 0. The number of hydrogen-bond acceptors (Lipinski definition) is 2. The number of rotatable bonds is 6. The van der Waals surface area contributed by atoms with Crippen LogP contribution in [0.2, 0.25) is 5.02 Å². The molecule has 2 aromatic rings. The highest BCUT2D eigenvalue weighted by Crippen LogP contribution is 2.32. The molecule has 1 atom stereocenters. The summed E-state index contributed by atoms with van der Waals surface area (Å²) in [4.78, 5) is 0. The van der Waals surface area contributed by atoms with Crippen molar-refractivity contribution in [3.8, 4) is 5.75 Å². The van der Waals surface area contributed by atoms with E-state index in [1.54, 1.807) is 12.1 Å². The Morgan fingerprint density at radius 1 is 1.14 bits per heavy atom. The van der Waals surface area contributed by atoms with Gasteiger partial charge in [0.2, 0.25) is 0 Å². The lowest BCUT2D eigenvalue weighted by Crippen LogP contribution is -2.23. The number of benzene rings is 2. The number of para-hydroxylation sites is 1. The molecule has 0 bridgehead atoms. The molecule has 0 amide bonds. The van der Waals surface area contributed by atoms with Gasteiger partial charge in [-0.25, -0.2) is 4.39 Å². The summed E-state index contributed by atoms with van der Waals surface area (Å²) in [6, 6.07) is 12.2. The molecule has 2 rings (SSSR count). The summed E-state index contributed by atoms with van der Waals surface area (Å²) in [7, 11) is 0. The lowest BCUT2D eigenvalue weighted by molar-refractivity contribution is 0.333. The molecule has 2 nitrogen and oxygen atoms in total. The van der Waals surface area contributed by atoms with Crippen LogP contribution < -0.4 is 10.1 Å². The van der Waals surface area contributed by atoms with Crippen molar-refractivity contribution in [3.63, 3.8) is 0 Å². The first-order valence-corrected chi connectivity index (χ1v) is 7.45. The fourth-order valence-corrected chi connectivity index (χ4v) is 2.49. The number of halogens is 2. The molecular formula is C17H19ClFNO. The summed E-state index contributed by atoms with van der Waals surface area (Å²) < 4.78 is 19.9. The monoisotopic (exact) mass is 307 g/mol. The molecule has 0 aliphatic heterocycles. The second kappa shape index (κ2) is 7.43. The van der Waals surface area contributed by atoms with Crippen LogP contribution in [0.5, 0.6) is 5.75 Å². The Morgan fingerprint density at radius 2 is 1.90 bits per heavy atom. The smallest absolute Gasteiger partial charge is 0.129 e. The van der Waals surface area contributed by atoms with Crippen LogP contribution >= 0.6 is 11.6 Å². The summed E-state index contributed by atoms with van der Waals surface area (Å²) in [5.74, 6) is 0.444. The Labute approximate surface area is 129 Å². The molecule has 0 heterocycles. The van der Waals surface area contributed by atoms with Gasteiger partial charge >= 0.3 is 0 Å². The fraction of sp³-hybridized carbons (Fsp3) is 0.294. The van der Waals surface area contributed by atoms with E-state index in [0.717, 1.165) is 11.3 Å². The van der Waals surface area contributed by atoms with Gasteiger partial charge in [0.25, 0.3) is 0 Å². The zero-order chi connectivity index (χ0) is 15.2. The zero-order valence-corrected chi connectivity index (χ0v) is 13.0. The van der Waals surface area contributed by atoms with Gasteiger partial charge in [0.15, 0.2) is 0 Å². The molecule has 0 saturated heterocycles. The Hall–Kier alpha value is -1.58. The van der Waals surface area contributed by atoms with Crippen molar-refractivity contribution in [1.29, 1.82) is 0 Å². The Morgan fingerprint density at radius 3 is 2.57 bits per heavy atom. The molecular weight excluding hydrogens is 289 g/mol. The normalized spacial score (nSPS) is 12.2. The zero-order valence-electron chi connectivity index (χ0n) is 12.2. The largest absolute Gasteiger partial charge is 0.494 e. The van der Waals surface area contributed by atoms with Crippen LogP contribution in [0.25, 0.3) is 0 Å². The maximum atomic E-state index is 14.3. The molecule has 0 aromatic heterocycles. The standard InChI is InChI=1S/C17H19ClFNO/c1-3-20-17(13-10-9-12(18)11-15(13)19)14-7-5-6-8-16(14)21-4-2/h5-11,17,20H,3-4H2,1-2H3. The minimum Gasteiger partial charge on any atom is -0.494 e. The maximum absolute atomic E-state index is 14.3. The first-order chi connectivity index (χ1) is 10.2. The molecule has 21 heavy (non-hydrogen) atoms. The number of ether oxygens (including phenoxy) is 1. The predicted molar refractivity (Wildman–Crippen MR) is 84.5 cm³/mol. The van der Waals surface area contributed by atoms with Crippen LogP contribution in [0, 0.1) is 5.82 Å². The summed E-state index contributed by atoms with van der Waals surface area (Å²) in [6.45, 7) is 5.21. The lowest BCUT2D eigenvalue weighted by Gasteiger charge is -2.22. The Balaban J connectivity index is 2.48. The molecule has 2 aromatic carbocycles. The highest BCUT2D eigenvalue weighted by molar-refractivity contribution is 6.30. The van der Waals surface area contributed by atoms with Gasteiger partial charge in [-0.2, -0.15) is 0 Å². The molecule has 1 unspecified atom stereocenters. The molecule has 0 spiro atoms. The van der Waals surface area contributed by atoms with Gasteiger partial charge in [0.05, 0.1) is 12.6 Å². The van der Waals surface area contributed by atoms with E-state index in [4.69, 9.17) is 16.3 Å². The molecule has 4 heteroatoms. The van der Waals surface area contributed by atoms with E-state index in [2.05, 4.69) is 5.32 Å². The van der Waals surface area contributed by atoms with Crippen molar-refractivity contribution in [3.05, 3.63) is 64.4 Å². The van der Waals surface area contributed by atoms with Gasteiger partial charge in [-0.15, -0.1) is 0 Å². The van der Waals surface area contributed by atoms with Crippen LogP contribution in [0.15, 0.2) is 42.5 Å². The van der Waals surface area contributed by atoms with Crippen LogP contribution in [0.1, 0.15) is 31.0 Å². The molecule has 0 radical (unpaired) electrons. The average Bonchev–Trinajstić information content (AvgIpc) is 2.47. The highest BCUT2D eigenvalue weighted by Gasteiger charge is 2.20. The van der Waals surface area contributed by atoms with Gasteiger partial charge in [-0.1, -0.05) is 42.8 Å². The van der Waals surface area contributed by atoms with Crippen molar-refractivity contribution in [2.45, 2.75) is 19.9 Å². The summed E-state index contributed by atoms with van der Waals surface area (Å²) in [5, 5.41) is 3.70. The van der Waals surface area contributed by atoms with Crippen molar-refractivity contribution in [2.24, 2.45) is 0 Å². The molecule has 0 aliphatic carbocycles. The topological polar surface area (TPSA) is 21.3 Å². The second-order valence-corrected chi connectivity index (χ2v) is 5.06. The van der Waals surface area contributed by atoms with Crippen LogP contribution in [-0.4, -0.2) is 13.2 Å². The summed E-state index contributed by atoms with van der Waals surface area (Å²) in [5.41, 5.74) is 1.48. The van der Waals surface area contributed by atoms with Gasteiger partial charge in [-0.3, -0.25) is 0 Å². The molecule has 0 saturated carbocycles. The molecule has 0 aliphatic rings. The molecule has 112 valence electrons. The van der Waals surface area contributed by atoms with Crippen molar-refractivity contribution in [1.82, 2.24) is 5.32 Å². The van der Waals surface area contributed by atoms with E-state index in [-0.39, 0.29) is 11.9 Å². The lowest BCUT2D eigenvalue weighted by atomic mass is 9.97. The van der Waals surface area contributed by atoms with E-state index < -0.39 is 0 Å². The third-order valence-corrected chi connectivity index (χ3v) is 3.45. The predicted octanol–water partition coefficient (Wildman–Crippen LogP) is 4.58. The first kappa shape index (κ1) is 15.8. The van der Waals surface area contributed by atoms with E-state index in [9.17, 15) is 4.39 Å². The second-order valence-electron chi connectivity index (χ2n) is 4.63. The first-order valence-electron chi connectivity index (χ1n) is 7.07. The third kappa shape index (κ3) is 3.74. The quantitative estimate of drug-likeness (QED) is 0.843. The minimum atomic E-state index is -0.320.